The zero-order valence-corrected chi connectivity index (χ0v) is 18.2. The van der Waals surface area contributed by atoms with E-state index in [0.29, 0.717) is 44.7 Å². The second kappa shape index (κ2) is 8.91. The molecule has 0 aliphatic carbocycles. The number of halogens is 1. The van der Waals surface area contributed by atoms with Crippen LogP contribution in [0, 0.1) is 3.57 Å². The van der Waals surface area contributed by atoms with Gasteiger partial charge in [0.2, 0.25) is 0 Å². The summed E-state index contributed by atoms with van der Waals surface area (Å²) < 4.78 is 6.88. The van der Waals surface area contributed by atoms with Crippen molar-refractivity contribution in [3.05, 3.63) is 64.0 Å². The zero-order chi connectivity index (χ0) is 20.3. The molecule has 6 nitrogen and oxygen atoms in total. The number of hydrogen-bond acceptors (Lipinski definition) is 6. The molecular weight excluding hydrogens is 481 g/mol. The number of ether oxygens (including phenoxy) is 1. The molecule has 3 aromatic rings. The second-order valence-electron chi connectivity index (χ2n) is 7.38. The lowest BCUT2D eigenvalue weighted by molar-refractivity contribution is -0.0836. The Hall–Kier alpha value is -1.81. The Labute approximate surface area is 183 Å². The predicted molar refractivity (Wildman–Crippen MR) is 120 cm³/mol. The van der Waals surface area contributed by atoms with Crippen LogP contribution in [-0.2, 0) is 5.60 Å². The summed E-state index contributed by atoms with van der Waals surface area (Å²) in [5, 5.41) is 21.6. The number of piperidine rings is 1. The van der Waals surface area contributed by atoms with Gasteiger partial charge in [0.15, 0.2) is 0 Å². The Bertz CT molecular complexity index is 959. The van der Waals surface area contributed by atoms with Gasteiger partial charge < -0.3 is 14.9 Å². The van der Waals surface area contributed by atoms with Gasteiger partial charge >= 0.3 is 0 Å². The molecule has 0 amide bonds. The molecule has 2 N–H and O–H groups in total. The summed E-state index contributed by atoms with van der Waals surface area (Å²) in [6.45, 7) is 1.63. The number of aromatic nitrogens is 2. The van der Waals surface area contributed by atoms with E-state index in [9.17, 15) is 10.2 Å². The zero-order valence-electron chi connectivity index (χ0n) is 16.0. The van der Waals surface area contributed by atoms with Crippen LogP contribution in [0.1, 0.15) is 25.0 Å². The first-order valence-corrected chi connectivity index (χ1v) is 10.9. The molecule has 0 spiro atoms. The number of fused-ring (bicyclic) bond motifs is 1. The summed E-state index contributed by atoms with van der Waals surface area (Å²) in [6, 6.07) is 15.5. The molecule has 1 saturated heterocycles. The summed E-state index contributed by atoms with van der Waals surface area (Å²) in [7, 11) is 0. The predicted octanol–water partition coefficient (Wildman–Crippen LogP) is 3.31. The summed E-state index contributed by atoms with van der Waals surface area (Å²) in [4.78, 5) is 11.0. The minimum atomic E-state index is -1.01. The van der Waals surface area contributed by atoms with Crippen molar-refractivity contribution >= 4 is 33.6 Å². The van der Waals surface area contributed by atoms with E-state index >= 15 is 0 Å². The summed E-state index contributed by atoms with van der Waals surface area (Å²) >= 11 is 2.25. The third-order valence-corrected chi connectivity index (χ3v) is 6.15. The van der Waals surface area contributed by atoms with Crippen LogP contribution in [-0.4, -0.2) is 51.0 Å². The monoisotopic (exact) mass is 505 g/mol. The van der Waals surface area contributed by atoms with Gasteiger partial charge in [-0.15, -0.1) is 0 Å². The fraction of sp³-hybridized carbons (Fsp3) is 0.364. The molecular formula is C22H24IN3O3. The first kappa shape index (κ1) is 20.5. The van der Waals surface area contributed by atoms with Crippen LogP contribution >= 0.6 is 22.6 Å². The van der Waals surface area contributed by atoms with Gasteiger partial charge in [-0.1, -0.05) is 12.1 Å². The molecule has 1 aliphatic heterocycles. The number of likely N-dealkylation sites (tertiary alicyclic amines) is 1. The number of hydrogen-bond donors (Lipinski definition) is 2. The van der Waals surface area contributed by atoms with E-state index in [1.165, 1.54) is 0 Å². The van der Waals surface area contributed by atoms with Crippen molar-refractivity contribution in [3.63, 3.8) is 0 Å². The highest BCUT2D eigenvalue weighted by molar-refractivity contribution is 14.1. The van der Waals surface area contributed by atoms with Crippen molar-refractivity contribution in [2.24, 2.45) is 0 Å². The van der Waals surface area contributed by atoms with Crippen molar-refractivity contribution in [1.82, 2.24) is 14.9 Å². The highest BCUT2D eigenvalue weighted by atomic mass is 127. The number of nitrogens with zero attached hydrogens (tertiary/aromatic N) is 3. The van der Waals surface area contributed by atoms with Crippen molar-refractivity contribution in [2.45, 2.75) is 31.1 Å². The SMILES string of the molecule is OC(CCOc1ccc(I)cc1)N1CCC(O)(c2cnc3ccccc3n2)CC1. The van der Waals surface area contributed by atoms with Gasteiger partial charge in [0.25, 0.3) is 0 Å². The van der Waals surface area contributed by atoms with Gasteiger partial charge in [-0.25, -0.2) is 4.98 Å². The summed E-state index contributed by atoms with van der Waals surface area (Å²) in [6.07, 6.45) is 2.61. The van der Waals surface area contributed by atoms with Gasteiger partial charge in [0.1, 0.15) is 17.6 Å². The lowest BCUT2D eigenvalue weighted by atomic mass is 9.88. The van der Waals surface area contributed by atoms with Crippen molar-refractivity contribution in [2.75, 3.05) is 19.7 Å². The van der Waals surface area contributed by atoms with Crippen LogP contribution in [0.5, 0.6) is 5.75 Å². The highest BCUT2D eigenvalue weighted by Crippen LogP contribution is 2.32. The largest absolute Gasteiger partial charge is 0.493 e. The third-order valence-electron chi connectivity index (χ3n) is 5.43. The van der Waals surface area contributed by atoms with Crippen LogP contribution < -0.4 is 4.74 Å². The number of para-hydroxylation sites is 2. The van der Waals surface area contributed by atoms with E-state index in [1.54, 1.807) is 6.20 Å². The number of rotatable bonds is 6. The first-order valence-electron chi connectivity index (χ1n) is 9.79. The van der Waals surface area contributed by atoms with Gasteiger partial charge in [-0.3, -0.25) is 9.88 Å². The smallest absolute Gasteiger partial charge is 0.119 e. The van der Waals surface area contributed by atoms with E-state index < -0.39 is 11.8 Å². The Kier molecular flexibility index (Phi) is 6.29. The Balaban J connectivity index is 1.31. The minimum absolute atomic E-state index is 0.443. The topological polar surface area (TPSA) is 78.7 Å². The summed E-state index contributed by atoms with van der Waals surface area (Å²) in [5.41, 5.74) is 1.20. The molecule has 0 saturated carbocycles. The van der Waals surface area contributed by atoms with Gasteiger partial charge in [-0.05, 0) is 71.8 Å². The van der Waals surface area contributed by atoms with Crippen molar-refractivity contribution in [3.8, 4) is 5.75 Å². The van der Waals surface area contributed by atoms with Crippen molar-refractivity contribution < 1.29 is 14.9 Å². The standard InChI is InChI=1S/C22H24IN3O3/c23-16-5-7-17(8-6-16)29-14-9-21(27)26-12-10-22(28,11-13-26)20-15-24-18-3-1-2-4-19(18)25-20/h1-8,15,21,27-28H,9-14H2. The Morgan fingerprint density at radius 1 is 1.07 bits per heavy atom. The number of aliphatic hydroxyl groups is 2. The molecule has 1 aliphatic rings. The average molecular weight is 505 g/mol. The van der Waals surface area contributed by atoms with Crippen LogP contribution in [0.15, 0.2) is 54.7 Å². The molecule has 1 aromatic heterocycles. The molecule has 7 heteroatoms. The quantitative estimate of drug-likeness (QED) is 0.501. The number of benzene rings is 2. The summed E-state index contributed by atoms with van der Waals surface area (Å²) in [5.74, 6) is 0.806. The minimum Gasteiger partial charge on any atom is -0.493 e. The van der Waals surface area contributed by atoms with Crippen LogP contribution in [0.25, 0.3) is 11.0 Å². The second-order valence-corrected chi connectivity index (χ2v) is 8.63. The van der Waals surface area contributed by atoms with E-state index in [2.05, 4.69) is 32.6 Å². The molecule has 0 radical (unpaired) electrons. The van der Waals surface area contributed by atoms with E-state index in [1.807, 2.05) is 53.4 Å². The van der Waals surface area contributed by atoms with E-state index in [0.717, 1.165) is 20.4 Å². The molecule has 1 fully saturated rings. The van der Waals surface area contributed by atoms with E-state index in [-0.39, 0.29) is 0 Å². The average Bonchev–Trinajstić information content (AvgIpc) is 2.75. The maximum atomic E-state index is 11.1. The molecule has 29 heavy (non-hydrogen) atoms. The van der Waals surface area contributed by atoms with Crippen molar-refractivity contribution in [1.29, 1.82) is 0 Å². The highest BCUT2D eigenvalue weighted by Gasteiger charge is 2.37. The van der Waals surface area contributed by atoms with Crippen LogP contribution in [0.2, 0.25) is 0 Å². The first-order chi connectivity index (χ1) is 14.0. The maximum Gasteiger partial charge on any atom is 0.119 e. The van der Waals surface area contributed by atoms with Gasteiger partial charge in [0, 0.05) is 23.1 Å². The third kappa shape index (κ3) is 4.85. The molecule has 4 rings (SSSR count). The molecule has 1 unspecified atom stereocenters. The molecule has 0 bridgehead atoms. The lowest BCUT2D eigenvalue weighted by Gasteiger charge is -2.39. The molecule has 2 aromatic carbocycles. The Morgan fingerprint density at radius 2 is 1.76 bits per heavy atom. The normalized spacial score (nSPS) is 17.9. The Morgan fingerprint density at radius 3 is 2.48 bits per heavy atom. The number of aliphatic hydroxyl groups excluding tert-OH is 1. The van der Waals surface area contributed by atoms with Crippen LogP contribution in [0.3, 0.4) is 0 Å². The molecule has 1 atom stereocenters. The molecule has 2 heterocycles. The lowest BCUT2D eigenvalue weighted by Crippen LogP contribution is -2.47. The van der Waals surface area contributed by atoms with Gasteiger partial charge in [-0.2, -0.15) is 0 Å². The maximum absolute atomic E-state index is 11.1. The van der Waals surface area contributed by atoms with E-state index in [4.69, 9.17) is 4.74 Å². The fourth-order valence-electron chi connectivity index (χ4n) is 3.63. The van der Waals surface area contributed by atoms with Crippen LogP contribution in [0.4, 0.5) is 0 Å². The van der Waals surface area contributed by atoms with Gasteiger partial charge in [0.05, 0.1) is 29.5 Å². The molecule has 152 valence electrons. The fourth-order valence-corrected chi connectivity index (χ4v) is 3.98.